The van der Waals surface area contributed by atoms with Crippen molar-refractivity contribution in [3.63, 3.8) is 0 Å². The number of H-pyrrole nitrogens is 1. The van der Waals surface area contributed by atoms with Gasteiger partial charge in [-0.2, -0.15) is 0 Å². The van der Waals surface area contributed by atoms with Gasteiger partial charge in [0.25, 0.3) is 0 Å². The van der Waals surface area contributed by atoms with Crippen LogP contribution in [0.1, 0.15) is 0 Å². The summed E-state index contributed by atoms with van der Waals surface area (Å²) < 4.78 is 0. The summed E-state index contributed by atoms with van der Waals surface area (Å²) in [6.07, 6.45) is 3.66. The van der Waals surface area contributed by atoms with E-state index in [9.17, 15) is 0 Å². The molecule has 3 heteroatoms. The standard InChI is InChI=1S/C7H6N2.HI/c1-2-6-3-5-9-7(6)8-4-1;/h1-5H,(H,8,9);1H. The SMILES string of the molecule is I.c1cnc2[nH]ccc2c1. The summed E-state index contributed by atoms with van der Waals surface area (Å²) in [7, 11) is 0. The summed E-state index contributed by atoms with van der Waals surface area (Å²) in [4.78, 5) is 7.09. The van der Waals surface area contributed by atoms with E-state index in [0.29, 0.717) is 0 Å². The van der Waals surface area contributed by atoms with Crippen molar-refractivity contribution in [1.29, 1.82) is 0 Å². The van der Waals surface area contributed by atoms with E-state index in [1.807, 2.05) is 24.4 Å². The van der Waals surface area contributed by atoms with Gasteiger partial charge in [-0.3, -0.25) is 0 Å². The van der Waals surface area contributed by atoms with Gasteiger partial charge in [0.2, 0.25) is 0 Å². The summed E-state index contributed by atoms with van der Waals surface area (Å²) in [6.45, 7) is 0. The van der Waals surface area contributed by atoms with Crippen molar-refractivity contribution in [1.82, 2.24) is 9.97 Å². The molecule has 2 aromatic rings. The van der Waals surface area contributed by atoms with Crippen LogP contribution in [0.3, 0.4) is 0 Å². The van der Waals surface area contributed by atoms with Crippen molar-refractivity contribution < 1.29 is 0 Å². The molecule has 2 rings (SSSR count). The van der Waals surface area contributed by atoms with Gasteiger partial charge in [0, 0.05) is 17.8 Å². The smallest absolute Gasteiger partial charge is 0.137 e. The summed E-state index contributed by atoms with van der Waals surface area (Å²) in [5.74, 6) is 0. The number of nitrogens with zero attached hydrogens (tertiary/aromatic N) is 1. The maximum Gasteiger partial charge on any atom is 0.137 e. The zero-order valence-corrected chi connectivity index (χ0v) is 7.57. The zero-order chi connectivity index (χ0) is 6.10. The van der Waals surface area contributed by atoms with E-state index in [0.717, 1.165) is 11.0 Å². The van der Waals surface area contributed by atoms with E-state index in [2.05, 4.69) is 9.97 Å². The molecule has 10 heavy (non-hydrogen) atoms. The van der Waals surface area contributed by atoms with Crippen LogP contribution in [0.25, 0.3) is 11.0 Å². The Bertz CT molecular complexity index is 286. The Labute approximate surface area is 75.7 Å². The van der Waals surface area contributed by atoms with Crippen molar-refractivity contribution in [2.24, 2.45) is 0 Å². The number of nitrogens with one attached hydrogen (secondary N) is 1. The number of halogens is 1. The zero-order valence-electron chi connectivity index (χ0n) is 5.24. The van der Waals surface area contributed by atoms with Gasteiger partial charge in [-0.05, 0) is 18.2 Å². The van der Waals surface area contributed by atoms with Crippen LogP contribution in [-0.4, -0.2) is 9.97 Å². The fraction of sp³-hybridized carbons (Fsp3) is 0. The lowest BCUT2D eigenvalue weighted by Gasteiger charge is -1.82. The normalized spacial score (nSPS) is 9.20. The molecule has 52 valence electrons. The van der Waals surface area contributed by atoms with Crippen molar-refractivity contribution >= 4 is 35.0 Å². The van der Waals surface area contributed by atoms with Gasteiger partial charge >= 0.3 is 0 Å². The maximum absolute atomic E-state index is 4.09. The topological polar surface area (TPSA) is 28.7 Å². The molecule has 0 spiro atoms. The van der Waals surface area contributed by atoms with E-state index in [-0.39, 0.29) is 24.0 Å². The Morgan fingerprint density at radius 3 is 3.00 bits per heavy atom. The van der Waals surface area contributed by atoms with E-state index in [1.54, 1.807) is 6.20 Å². The highest BCUT2D eigenvalue weighted by atomic mass is 127. The molecule has 0 saturated heterocycles. The van der Waals surface area contributed by atoms with E-state index in [4.69, 9.17) is 0 Å². The van der Waals surface area contributed by atoms with Gasteiger partial charge in [0.1, 0.15) is 5.65 Å². The lowest BCUT2D eigenvalue weighted by atomic mass is 10.3. The second kappa shape index (κ2) is 3.01. The average Bonchev–Trinajstić information content (AvgIpc) is 2.33. The number of fused-ring (bicyclic) bond motifs is 1. The quantitative estimate of drug-likeness (QED) is 0.709. The van der Waals surface area contributed by atoms with Crippen LogP contribution < -0.4 is 0 Å². The fourth-order valence-corrected chi connectivity index (χ4v) is 0.883. The van der Waals surface area contributed by atoms with Gasteiger partial charge < -0.3 is 4.98 Å². The molecule has 0 radical (unpaired) electrons. The Morgan fingerprint density at radius 2 is 2.20 bits per heavy atom. The number of aromatic amines is 1. The second-order valence-electron chi connectivity index (χ2n) is 1.92. The van der Waals surface area contributed by atoms with Gasteiger partial charge in [0.15, 0.2) is 0 Å². The minimum atomic E-state index is 0. The molecule has 0 saturated carbocycles. The predicted octanol–water partition coefficient (Wildman–Crippen LogP) is 2.18. The minimum absolute atomic E-state index is 0. The first-order valence-electron chi connectivity index (χ1n) is 2.85. The highest BCUT2D eigenvalue weighted by Gasteiger charge is 1.88. The van der Waals surface area contributed by atoms with Crippen LogP contribution in [0.15, 0.2) is 30.6 Å². The van der Waals surface area contributed by atoms with Crippen molar-refractivity contribution in [2.45, 2.75) is 0 Å². The van der Waals surface area contributed by atoms with E-state index in [1.165, 1.54) is 0 Å². The number of pyridine rings is 1. The molecule has 0 fully saturated rings. The largest absolute Gasteiger partial charge is 0.346 e. The molecule has 1 N–H and O–H groups in total. The third-order valence-corrected chi connectivity index (χ3v) is 1.32. The van der Waals surface area contributed by atoms with Crippen molar-refractivity contribution in [3.8, 4) is 0 Å². The molecule has 2 nitrogen and oxygen atoms in total. The summed E-state index contributed by atoms with van der Waals surface area (Å²) in [5.41, 5.74) is 0.956. The maximum atomic E-state index is 4.09. The highest BCUT2D eigenvalue weighted by Crippen LogP contribution is 2.05. The number of rotatable bonds is 0. The third-order valence-electron chi connectivity index (χ3n) is 1.32. The molecule has 0 bridgehead atoms. The first kappa shape index (κ1) is 7.53. The Hall–Kier alpha value is -0.580. The van der Waals surface area contributed by atoms with E-state index < -0.39 is 0 Å². The molecule has 0 atom stereocenters. The lowest BCUT2D eigenvalue weighted by Crippen LogP contribution is -1.70. The minimum Gasteiger partial charge on any atom is -0.346 e. The summed E-state index contributed by atoms with van der Waals surface area (Å²) >= 11 is 0. The number of aromatic nitrogens is 2. The molecule has 0 aliphatic heterocycles. The molecule has 0 amide bonds. The summed E-state index contributed by atoms with van der Waals surface area (Å²) in [5, 5.41) is 1.16. The van der Waals surface area contributed by atoms with E-state index >= 15 is 0 Å². The fourth-order valence-electron chi connectivity index (χ4n) is 0.883. The first-order chi connectivity index (χ1) is 4.47. The molecule has 0 aliphatic carbocycles. The van der Waals surface area contributed by atoms with Crippen LogP contribution in [0, 0.1) is 0 Å². The van der Waals surface area contributed by atoms with Crippen LogP contribution >= 0.6 is 24.0 Å². The summed E-state index contributed by atoms with van der Waals surface area (Å²) in [6, 6.07) is 5.96. The van der Waals surface area contributed by atoms with Crippen LogP contribution in [0.4, 0.5) is 0 Å². The number of hydrogen-bond acceptors (Lipinski definition) is 1. The molecular formula is C7H7IN2. The molecular weight excluding hydrogens is 239 g/mol. The number of hydrogen-bond donors (Lipinski definition) is 1. The Morgan fingerprint density at radius 1 is 1.30 bits per heavy atom. The van der Waals surface area contributed by atoms with Gasteiger partial charge in [-0.25, -0.2) is 4.98 Å². The monoisotopic (exact) mass is 246 g/mol. The second-order valence-corrected chi connectivity index (χ2v) is 1.92. The molecule has 0 aromatic carbocycles. The average molecular weight is 246 g/mol. The molecule has 2 aromatic heterocycles. The van der Waals surface area contributed by atoms with Crippen LogP contribution in [0.5, 0.6) is 0 Å². The Kier molecular flexibility index (Phi) is 2.26. The molecule has 2 heterocycles. The Balaban J connectivity index is 0.000000500. The predicted molar refractivity (Wildman–Crippen MR) is 51.5 cm³/mol. The van der Waals surface area contributed by atoms with Crippen molar-refractivity contribution in [2.75, 3.05) is 0 Å². The van der Waals surface area contributed by atoms with Crippen molar-refractivity contribution in [3.05, 3.63) is 30.6 Å². The molecule has 0 unspecified atom stereocenters. The van der Waals surface area contributed by atoms with Crippen LogP contribution in [0.2, 0.25) is 0 Å². The molecule has 0 aliphatic rings. The first-order valence-corrected chi connectivity index (χ1v) is 2.85. The van der Waals surface area contributed by atoms with Crippen LogP contribution in [-0.2, 0) is 0 Å². The van der Waals surface area contributed by atoms with Gasteiger partial charge in [-0.1, -0.05) is 0 Å². The highest BCUT2D eigenvalue weighted by molar-refractivity contribution is 14.0. The third kappa shape index (κ3) is 1.13. The van der Waals surface area contributed by atoms with Gasteiger partial charge in [0.05, 0.1) is 0 Å². The lowest BCUT2D eigenvalue weighted by molar-refractivity contribution is 1.33. The van der Waals surface area contributed by atoms with Gasteiger partial charge in [-0.15, -0.1) is 24.0 Å².